The molecule has 0 aliphatic carbocycles. The molecule has 3 aromatic carbocycles. The van der Waals surface area contributed by atoms with E-state index in [1.54, 1.807) is 54.4 Å². The van der Waals surface area contributed by atoms with Gasteiger partial charge in [-0.15, -0.1) is 0 Å². The van der Waals surface area contributed by atoms with Crippen molar-refractivity contribution in [2.24, 2.45) is 0 Å². The van der Waals surface area contributed by atoms with Crippen LogP contribution in [0.3, 0.4) is 0 Å². The van der Waals surface area contributed by atoms with Crippen LogP contribution in [0.1, 0.15) is 36.3 Å². The average molecular weight is 575 g/mol. The molecule has 0 aliphatic rings. The van der Waals surface area contributed by atoms with Gasteiger partial charge in [-0.3, -0.25) is 0 Å². The summed E-state index contributed by atoms with van der Waals surface area (Å²) in [4.78, 5) is 18.4. The van der Waals surface area contributed by atoms with E-state index in [0.29, 0.717) is 59.7 Å². The molecular formula is C33H38N2O7. The number of aromatic nitrogens is 1. The summed E-state index contributed by atoms with van der Waals surface area (Å²) in [6.07, 6.45) is 0.416. The lowest BCUT2D eigenvalue weighted by atomic mass is 9.95. The molecule has 42 heavy (non-hydrogen) atoms. The van der Waals surface area contributed by atoms with Gasteiger partial charge in [0.25, 0.3) is 0 Å². The molecule has 0 unspecified atom stereocenters. The number of ether oxygens (including phenoxy) is 6. The predicted molar refractivity (Wildman–Crippen MR) is 163 cm³/mol. The molecule has 9 heteroatoms. The summed E-state index contributed by atoms with van der Waals surface area (Å²) in [5, 5.41) is 4.95. The molecule has 0 saturated carbocycles. The van der Waals surface area contributed by atoms with E-state index in [1.165, 1.54) is 0 Å². The van der Waals surface area contributed by atoms with Gasteiger partial charge in [-0.1, -0.05) is 30.3 Å². The number of nitrogens with zero attached hydrogens (tertiary/aromatic N) is 1. The van der Waals surface area contributed by atoms with Crippen LogP contribution in [0.25, 0.3) is 21.9 Å². The Morgan fingerprint density at radius 3 is 2.21 bits per heavy atom. The van der Waals surface area contributed by atoms with Gasteiger partial charge in [0.2, 0.25) is 5.75 Å². The van der Waals surface area contributed by atoms with E-state index < -0.39 is 5.97 Å². The average Bonchev–Trinajstić information content (AvgIpc) is 3.01. The molecule has 4 aromatic rings. The van der Waals surface area contributed by atoms with Crippen molar-refractivity contribution in [3.8, 4) is 34.1 Å². The quantitative estimate of drug-likeness (QED) is 0.133. The highest BCUT2D eigenvalue weighted by Crippen LogP contribution is 2.44. The van der Waals surface area contributed by atoms with Crippen molar-refractivity contribution in [1.82, 2.24) is 4.98 Å². The molecule has 1 aromatic heterocycles. The number of carbonyl (C=O) groups is 1. The van der Waals surface area contributed by atoms with Crippen molar-refractivity contribution in [3.05, 3.63) is 71.9 Å². The molecule has 0 bridgehead atoms. The topological polar surface area (TPSA) is 97.4 Å². The fourth-order valence-corrected chi connectivity index (χ4v) is 4.62. The second kappa shape index (κ2) is 14.4. The number of hydrogen-bond donors (Lipinski definition) is 1. The number of esters is 1. The lowest BCUT2D eigenvalue weighted by Crippen LogP contribution is -2.16. The summed E-state index contributed by atoms with van der Waals surface area (Å²) < 4.78 is 33.8. The Labute approximate surface area is 246 Å². The third kappa shape index (κ3) is 7.03. The van der Waals surface area contributed by atoms with Crippen LogP contribution in [0, 0.1) is 0 Å². The van der Waals surface area contributed by atoms with Crippen molar-refractivity contribution in [1.29, 1.82) is 0 Å². The van der Waals surface area contributed by atoms with Crippen molar-refractivity contribution < 1.29 is 33.2 Å². The fourth-order valence-electron chi connectivity index (χ4n) is 4.62. The van der Waals surface area contributed by atoms with Gasteiger partial charge in [0.05, 0.1) is 27.4 Å². The Morgan fingerprint density at radius 1 is 0.881 bits per heavy atom. The van der Waals surface area contributed by atoms with Crippen LogP contribution in [0.4, 0.5) is 5.82 Å². The maximum absolute atomic E-state index is 13.5. The van der Waals surface area contributed by atoms with Crippen LogP contribution < -0.4 is 24.3 Å². The molecule has 0 saturated heterocycles. The maximum atomic E-state index is 13.5. The van der Waals surface area contributed by atoms with Crippen LogP contribution in [-0.2, 0) is 16.1 Å². The third-order valence-electron chi connectivity index (χ3n) is 6.53. The van der Waals surface area contributed by atoms with Crippen LogP contribution in [0.15, 0.2) is 60.7 Å². The van der Waals surface area contributed by atoms with Crippen LogP contribution in [-0.4, -0.2) is 58.6 Å². The number of carbonyl (C=O) groups excluding carboxylic acids is 1. The number of benzene rings is 3. The molecule has 0 amide bonds. The first-order chi connectivity index (χ1) is 20.4. The highest BCUT2D eigenvalue weighted by molar-refractivity contribution is 6.10. The highest BCUT2D eigenvalue weighted by atomic mass is 16.5. The van der Waals surface area contributed by atoms with Gasteiger partial charge >= 0.3 is 5.97 Å². The number of methoxy groups -OCH3 is 4. The zero-order valence-electron chi connectivity index (χ0n) is 25.0. The van der Waals surface area contributed by atoms with E-state index in [-0.39, 0.29) is 11.8 Å². The first kappa shape index (κ1) is 30.5. The van der Waals surface area contributed by atoms with E-state index in [2.05, 4.69) is 5.32 Å². The Kier molecular flexibility index (Phi) is 10.4. The molecule has 0 atom stereocenters. The fraction of sp³-hybridized carbons (Fsp3) is 0.333. The van der Waals surface area contributed by atoms with Gasteiger partial charge in [-0.2, -0.15) is 0 Å². The van der Waals surface area contributed by atoms with E-state index in [1.807, 2.05) is 48.5 Å². The summed E-state index contributed by atoms with van der Waals surface area (Å²) in [6, 6.07) is 19.3. The minimum absolute atomic E-state index is 0.165. The number of anilines is 1. The molecule has 1 heterocycles. The van der Waals surface area contributed by atoms with Crippen molar-refractivity contribution in [3.63, 3.8) is 0 Å². The SMILES string of the molecule is COCCCNc1nc(C(=O)OC(C)C)c(-c2cc(OC)c(OC)c(OC)c2)c2ccc(OCc3ccccc3)cc12. The summed E-state index contributed by atoms with van der Waals surface area (Å²) in [5.41, 5.74) is 2.45. The first-order valence-electron chi connectivity index (χ1n) is 13.8. The van der Waals surface area contributed by atoms with Crippen molar-refractivity contribution in [2.75, 3.05) is 46.9 Å². The Balaban J connectivity index is 1.93. The largest absolute Gasteiger partial charge is 0.493 e. The van der Waals surface area contributed by atoms with E-state index in [4.69, 9.17) is 33.4 Å². The number of rotatable bonds is 14. The zero-order valence-corrected chi connectivity index (χ0v) is 25.0. The maximum Gasteiger partial charge on any atom is 0.357 e. The van der Waals surface area contributed by atoms with Gasteiger partial charge < -0.3 is 33.7 Å². The van der Waals surface area contributed by atoms with Gasteiger partial charge in [0.15, 0.2) is 17.2 Å². The molecule has 1 N–H and O–H groups in total. The minimum atomic E-state index is -0.542. The molecule has 222 valence electrons. The molecular weight excluding hydrogens is 536 g/mol. The molecule has 0 fully saturated rings. The third-order valence-corrected chi connectivity index (χ3v) is 6.53. The number of fused-ring (bicyclic) bond motifs is 1. The van der Waals surface area contributed by atoms with Crippen LogP contribution in [0.2, 0.25) is 0 Å². The second-order valence-corrected chi connectivity index (χ2v) is 9.81. The molecule has 0 spiro atoms. The predicted octanol–water partition coefficient (Wildman–Crippen LogP) is 6.52. The summed E-state index contributed by atoms with van der Waals surface area (Å²) in [6.45, 7) is 5.20. The van der Waals surface area contributed by atoms with Crippen LogP contribution in [0.5, 0.6) is 23.0 Å². The van der Waals surface area contributed by atoms with Gasteiger partial charge in [-0.25, -0.2) is 9.78 Å². The normalized spacial score (nSPS) is 10.9. The highest BCUT2D eigenvalue weighted by Gasteiger charge is 2.25. The lowest BCUT2D eigenvalue weighted by molar-refractivity contribution is 0.0372. The van der Waals surface area contributed by atoms with Crippen molar-refractivity contribution >= 4 is 22.6 Å². The second-order valence-electron chi connectivity index (χ2n) is 9.81. The Hall–Kier alpha value is -4.50. The van der Waals surface area contributed by atoms with Gasteiger partial charge in [-0.05, 0) is 67.1 Å². The van der Waals surface area contributed by atoms with E-state index >= 15 is 0 Å². The van der Waals surface area contributed by atoms with Gasteiger partial charge in [0.1, 0.15) is 18.2 Å². The monoisotopic (exact) mass is 574 g/mol. The van der Waals surface area contributed by atoms with Crippen molar-refractivity contribution in [2.45, 2.75) is 33.0 Å². The number of nitrogens with one attached hydrogen (secondary N) is 1. The summed E-state index contributed by atoms with van der Waals surface area (Å²) in [7, 11) is 6.31. The number of pyridine rings is 1. The summed E-state index contributed by atoms with van der Waals surface area (Å²) >= 11 is 0. The first-order valence-corrected chi connectivity index (χ1v) is 13.8. The van der Waals surface area contributed by atoms with Crippen LogP contribution >= 0.6 is 0 Å². The standard InChI is InChI=1S/C33H38N2O7/c1-21(2)42-33(36)30-29(23-17-27(38-4)31(40-6)28(18-23)39-5)25-14-13-24(41-20-22-11-8-7-9-12-22)19-26(25)32(35-30)34-15-10-16-37-3/h7-9,11-14,17-19,21H,10,15-16,20H2,1-6H3,(H,34,35). The zero-order chi connectivity index (χ0) is 30.1. The Bertz CT molecular complexity index is 1480. The molecule has 9 nitrogen and oxygen atoms in total. The lowest BCUT2D eigenvalue weighted by Gasteiger charge is -2.20. The molecule has 0 aliphatic heterocycles. The van der Waals surface area contributed by atoms with Gasteiger partial charge in [0, 0.05) is 31.2 Å². The minimum Gasteiger partial charge on any atom is -0.493 e. The molecule has 0 radical (unpaired) electrons. The molecule has 4 rings (SSSR count). The van der Waals surface area contributed by atoms with E-state index in [9.17, 15) is 4.79 Å². The Morgan fingerprint density at radius 2 is 1.60 bits per heavy atom. The smallest absolute Gasteiger partial charge is 0.357 e. The summed E-state index contributed by atoms with van der Waals surface area (Å²) in [5.74, 6) is 2.01. The van der Waals surface area contributed by atoms with E-state index in [0.717, 1.165) is 22.8 Å². The number of hydrogen-bond acceptors (Lipinski definition) is 9.